The Morgan fingerprint density at radius 2 is 1.91 bits per heavy atom. The summed E-state index contributed by atoms with van der Waals surface area (Å²) in [5.74, 6) is -0.0345. The fraction of sp³-hybridized carbons (Fsp3) is 0.370. The van der Waals surface area contributed by atoms with Crippen LogP contribution in [0.15, 0.2) is 54.7 Å². The van der Waals surface area contributed by atoms with Crippen LogP contribution < -0.4 is 10.6 Å². The lowest BCUT2D eigenvalue weighted by Gasteiger charge is -2.28. The second kappa shape index (κ2) is 11.0. The predicted molar refractivity (Wildman–Crippen MR) is 142 cm³/mol. The fourth-order valence-electron chi connectivity index (χ4n) is 4.79. The third kappa shape index (κ3) is 5.39. The number of para-hydroxylation sites is 1. The molecule has 1 fully saturated rings. The van der Waals surface area contributed by atoms with E-state index in [4.69, 9.17) is 17.0 Å². The lowest BCUT2D eigenvalue weighted by molar-refractivity contribution is -0.116. The monoisotopic (exact) mass is 491 g/mol. The van der Waals surface area contributed by atoms with E-state index in [2.05, 4.69) is 45.0 Å². The molecule has 184 valence electrons. The van der Waals surface area contributed by atoms with Crippen LogP contribution in [0.2, 0.25) is 0 Å². The average Bonchev–Trinajstić information content (AvgIpc) is 3.33. The van der Waals surface area contributed by atoms with Crippen molar-refractivity contribution in [2.45, 2.75) is 45.8 Å². The molecule has 0 radical (unpaired) electrons. The quantitative estimate of drug-likeness (QED) is 0.431. The predicted octanol–water partition coefficient (Wildman–Crippen LogP) is 4.46. The van der Waals surface area contributed by atoms with E-state index in [9.17, 15) is 4.79 Å². The molecule has 4 rings (SSSR count). The number of amides is 1. The van der Waals surface area contributed by atoms with Gasteiger partial charge in [0.2, 0.25) is 5.91 Å². The number of anilines is 1. The number of benzene rings is 1. The van der Waals surface area contributed by atoms with Gasteiger partial charge in [-0.25, -0.2) is 0 Å². The number of aryl methyl sites for hydroxylation is 2. The van der Waals surface area contributed by atoms with E-state index >= 15 is 0 Å². The fourth-order valence-corrected chi connectivity index (χ4v) is 5.12. The van der Waals surface area contributed by atoms with Crippen LogP contribution in [0.1, 0.15) is 46.7 Å². The SMILES string of the molecule is COCCn1c(C)cc([C@H]2[C@H](c3ccccn3)NC(=S)N2CCC(=O)Nc2ccccc2C)c1C. The van der Waals surface area contributed by atoms with Crippen LogP contribution in [0.4, 0.5) is 5.69 Å². The number of rotatable bonds is 9. The van der Waals surface area contributed by atoms with Crippen molar-refractivity contribution in [2.24, 2.45) is 0 Å². The van der Waals surface area contributed by atoms with Crippen LogP contribution in [0.5, 0.6) is 0 Å². The van der Waals surface area contributed by atoms with Gasteiger partial charge in [-0.15, -0.1) is 0 Å². The minimum atomic E-state index is -0.112. The summed E-state index contributed by atoms with van der Waals surface area (Å²) in [6.45, 7) is 8.16. The normalized spacial score (nSPS) is 17.5. The summed E-state index contributed by atoms with van der Waals surface area (Å²) < 4.78 is 7.60. The Hall–Kier alpha value is -3.23. The first kappa shape index (κ1) is 24.9. The Balaban J connectivity index is 1.61. The highest BCUT2D eigenvalue weighted by atomic mass is 32.1. The highest BCUT2D eigenvalue weighted by molar-refractivity contribution is 7.80. The highest BCUT2D eigenvalue weighted by Crippen LogP contribution is 2.40. The molecular weight excluding hydrogens is 458 g/mol. The minimum absolute atomic E-state index is 0.0345. The molecule has 3 heterocycles. The second-order valence-corrected chi connectivity index (χ2v) is 9.29. The van der Waals surface area contributed by atoms with Crippen molar-refractivity contribution in [3.63, 3.8) is 0 Å². The molecule has 1 saturated heterocycles. The van der Waals surface area contributed by atoms with E-state index in [1.54, 1.807) is 13.3 Å². The smallest absolute Gasteiger partial charge is 0.226 e. The molecule has 1 aliphatic rings. The van der Waals surface area contributed by atoms with E-state index in [0.717, 1.165) is 23.5 Å². The number of carbonyl (C=O) groups is 1. The number of nitrogens with one attached hydrogen (secondary N) is 2. The molecule has 0 bridgehead atoms. The van der Waals surface area contributed by atoms with Crippen molar-refractivity contribution in [2.75, 3.05) is 25.6 Å². The van der Waals surface area contributed by atoms with Crippen molar-refractivity contribution in [3.8, 4) is 0 Å². The van der Waals surface area contributed by atoms with E-state index in [1.807, 2.05) is 49.4 Å². The maximum Gasteiger partial charge on any atom is 0.226 e. The van der Waals surface area contributed by atoms with Crippen molar-refractivity contribution >= 4 is 28.9 Å². The van der Waals surface area contributed by atoms with Gasteiger partial charge in [0.25, 0.3) is 0 Å². The zero-order chi connectivity index (χ0) is 24.9. The molecule has 0 spiro atoms. The molecule has 1 aliphatic heterocycles. The zero-order valence-electron chi connectivity index (χ0n) is 20.7. The number of thiocarbonyl (C=S) groups is 1. The number of hydrogen-bond acceptors (Lipinski definition) is 4. The average molecular weight is 492 g/mol. The third-order valence-electron chi connectivity index (χ3n) is 6.65. The maximum atomic E-state index is 12.8. The Bertz CT molecular complexity index is 1190. The Morgan fingerprint density at radius 3 is 2.63 bits per heavy atom. The topological polar surface area (TPSA) is 71.4 Å². The Morgan fingerprint density at radius 1 is 1.14 bits per heavy atom. The maximum absolute atomic E-state index is 12.8. The Labute approximate surface area is 212 Å². The first-order valence-corrected chi connectivity index (χ1v) is 12.3. The van der Waals surface area contributed by atoms with Crippen LogP contribution in [-0.2, 0) is 16.1 Å². The van der Waals surface area contributed by atoms with Gasteiger partial charge in [0, 0.05) is 49.9 Å². The summed E-state index contributed by atoms with van der Waals surface area (Å²) in [5, 5.41) is 7.15. The highest BCUT2D eigenvalue weighted by Gasteiger charge is 2.41. The summed E-state index contributed by atoms with van der Waals surface area (Å²) in [6, 6.07) is 15.8. The number of nitrogens with zero attached hydrogens (tertiary/aromatic N) is 3. The number of aromatic nitrogens is 2. The Kier molecular flexibility index (Phi) is 7.83. The van der Waals surface area contributed by atoms with Crippen molar-refractivity contribution in [1.29, 1.82) is 0 Å². The molecule has 1 amide bonds. The summed E-state index contributed by atoms with van der Waals surface area (Å²) in [6.07, 6.45) is 2.13. The van der Waals surface area contributed by atoms with Crippen molar-refractivity contribution in [1.82, 2.24) is 19.8 Å². The molecule has 1 aromatic carbocycles. The first-order chi connectivity index (χ1) is 16.9. The molecule has 2 N–H and O–H groups in total. The lowest BCUT2D eigenvalue weighted by atomic mass is 9.96. The largest absolute Gasteiger partial charge is 0.383 e. The van der Waals surface area contributed by atoms with Crippen molar-refractivity contribution in [3.05, 3.63) is 82.9 Å². The van der Waals surface area contributed by atoms with Gasteiger partial charge in [0.1, 0.15) is 0 Å². The second-order valence-electron chi connectivity index (χ2n) is 8.90. The number of ether oxygens (including phenoxy) is 1. The summed E-state index contributed by atoms with van der Waals surface area (Å²) in [7, 11) is 1.72. The van der Waals surface area contributed by atoms with Gasteiger partial charge in [0.15, 0.2) is 5.11 Å². The molecule has 7 nitrogen and oxygen atoms in total. The van der Waals surface area contributed by atoms with Crippen LogP contribution in [-0.4, -0.2) is 45.7 Å². The first-order valence-electron chi connectivity index (χ1n) is 11.9. The van der Waals surface area contributed by atoms with Gasteiger partial charge >= 0.3 is 0 Å². The van der Waals surface area contributed by atoms with Crippen LogP contribution >= 0.6 is 12.2 Å². The van der Waals surface area contributed by atoms with E-state index in [1.165, 1.54) is 17.0 Å². The summed E-state index contributed by atoms with van der Waals surface area (Å²) in [4.78, 5) is 19.6. The number of pyridine rings is 1. The molecule has 3 aromatic rings. The zero-order valence-corrected chi connectivity index (χ0v) is 21.6. The van der Waals surface area contributed by atoms with Crippen LogP contribution in [0.3, 0.4) is 0 Å². The third-order valence-corrected chi connectivity index (χ3v) is 7.00. The molecule has 0 saturated carbocycles. The molecule has 8 heteroatoms. The van der Waals surface area contributed by atoms with E-state index < -0.39 is 0 Å². The molecular formula is C27H33N5O2S. The van der Waals surface area contributed by atoms with Gasteiger partial charge in [-0.05, 0) is 68.4 Å². The van der Waals surface area contributed by atoms with Gasteiger partial charge in [-0.1, -0.05) is 24.3 Å². The number of methoxy groups -OCH3 is 1. The minimum Gasteiger partial charge on any atom is -0.383 e. The number of carbonyl (C=O) groups excluding carboxylic acids is 1. The molecule has 2 atom stereocenters. The van der Waals surface area contributed by atoms with Gasteiger partial charge in [-0.2, -0.15) is 0 Å². The lowest BCUT2D eigenvalue weighted by Crippen LogP contribution is -2.33. The van der Waals surface area contributed by atoms with Gasteiger partial charge in [-0.3, -0.25) is 9.78 Å². The summed E-state index contributed by atoms with van der Waals surface area (Å²) in [5.41, 5.74) is 6.32. The molecule has 0 aliphatic carbocycles. The van der Waals surface area contributed by atoms with Crippen LogP contribution in [0.25, 0.3) is 0 Å². The molecule has 0 unspecified atom stereocenters. The van der Waals surface area contributed by atoms with Gasteiger partial charge in [0.05, 0.1) is 24.4 Å². The molecule has 35 heavy (non-hydrogen) atoms. The van der Waals surface area contributed by atoms with Crippen molar-refractivity contribution < 1.29 is 9.53 Å². The van der Waals surface area contributed by atoms with Gasteiger partial charge < -0.3 is 24.8 Å². The summed E-state index contributed by atoms with van der Waals surface area (Å²) >= 11 is 5.78. The van der Waals surface area contributed by atoms with E-state index in [-0.39, 0.29) is 18.0 Å². The number of hydrogen-bond donors (Lipinski definition) is 2. The van der Waals surface area contributed by atoms with Crippen LogP contribution in [0, 0.1) is 20.8 Å². The molecule has 2 aromatic heterocycles. The van der Waals surface area contributed by atoms with E-state index in [0.29, 0.717) is 24.7 Å². The standard InChI is InChI=1S/C27H33N5O2S/c1-18-9-5-6-10-22(18)29-24(33)12-14-32-26(21-17-19(2)31(20(21)3)15-16-34-4)25(30-27(32)35)23-11-7-8-13-28-23/h5-11,13,17,25-26H,12,14-16H2,1-4H3,(H,29,33)(H,30,35)/t25-,26-/m0/s1.